The molecule has 0 fully saturated rings. The topological polar surface area (TPSA) is 38.3 Å². The standard InChI is InChI=1S/C17H16BrCl2NO2/c1-10(2)9-23-16-6-3-11(18)7-13(16)17(22)21-12-4-5-14(19)15(20)8-12/h3-8,10H,9H2,1-2H3,(H,21,22). The summed E-state index contributed by atoms with van der Waals surface area (Å²) in [5.41, 5.74) is 1.02. The highest BCUT2D eigenvalue weighted by atomic mass is 79.9. The van der Waals surface area contributed by atoms with Gasteiger partial charge in [0, 0.05) is 10.2 Å². The fraction of sp³-hybridized carbons (Fsp3) is 0.235. The van der Waals surface area contributed by atoms with Crippen molar-refractivity contribution in [2.45, 2.75) is 13.8 Å². The molecular weight excluding hydrogens is 401 g/mol. The molecule has 1 N–H and O–H groups in total. The van der Waals surface area contributed by atoms with Crippen molar-refractivity contribution in [2.75, 3.05) is 11.9 Å². The predicted octanol–water partition coefficient (Wildman–Crippen LogP) is 6.04. The monoisotopic (exact) mass is 415 g/mol. The van der Waals surface area contributed by atoms with E-state index in [4.69, 9.17) is 27.9 Å². The molecule has 2 rings (SSSR count). The van der Waals surface area contributed by atoms with Crippen LogP contribution in [0.25, 0.3) is 0 Å². The number of anilines is 1. The molecule has 0 aliphatic heterocycles. The van der Waals surface area contributed by atoms with Crippen LogP contribution in [0, 0.1) is 5.92 Å². The molecule has 0 radical (unpaired) electrons. The number of carbonyl (C=O) groups is 1. The van der Waals surface area contributed by atoms with Crippen molar-refractivity contribution in [3.63, 3.8) is 0 Å². The van der Waals surface area contributed by atoms with Crippen LogP contribution in [0.4, 0.5) is 5.69 Å². The Balaban J connectivity index is 2.23. The van der Waals surface area contributed by atoms with Crippen LogP contribution in [0.2, 0.25) is 10.0 Å². The third-order valence-electron chi connectivity index (χ3n) is 2.94. The lowest BCUT2D eigenvalue weighted by atomic mass is 10.1. The summed E-state index contributed by atoms with van der Waals surface area (Å²) in [6.45, 7) is 4.64. The molecule has 0 heterocycles. The summed E-state index contributed by atoms with van der Waals surface area (Å²) in [7, 11) is 0. The maximum Gasteiger partial charge on any atom is 0.259 e. The molecule has 2 aromatic carbocycles. The average Bonchev–Trinajstić information content (AvgIpc) is 2.49. The van der Waals surface area contributed by atoms with E-state index >= 15 is 0 Å². The van der Waals surface area contributed by atoms with Gasteiger partial charge in [-0.2, -0.15) is 0 Å². The minimum atomic E-state index is -0.275. The zero-order valence-corrected chi connectivity index (χ0v) is 15.8. The van der Waals surface area contributed by atoms with Gasteiger partial charge < -0.3 is 10.1 Å². The van der Waals surface area contributed by atoms with Crippen molar-refractivity contribution in [1.29, 1.82) is 0 Å². The Morgan fingerprint density at radius 3 is 2.57 bits per heavy atom. The Hall–Kier alpha value is -1.23. The molecule has 23 heavy (non-hydrogen) atoms. The molecule has 0 aromatic heterocycles. The molecule has 0 saturated heterocycles. The smallest absolute Gasteiger partial charge is 0.259 e. The van der Waals surface area contributed by atoms with Crippen molar-refractivity contribution in [2.24, 2.45) is 5.92 Å². The molecule has 6 heteroatoms. The van der Waals surface area contributed by atoms with Gasteiger partial charge in [-0.15, -0.1) is 0 Å². The summed E-state index contributed by atoms with van der Waals surface area (Å²) in [4.78, 5) is 12.5. The van der Waals surface area contributed by atoms with Crippen molar-refractivity contribution < 1.29 is 9.53 Å². The van der Waals surface area contributed by atoms with Gasteiger partial charge >= 0.3 is 0 Å². The van der Waals surface area contributed by atoms with Gasteiger partial charge in [0.25, 0.3) is 5.91 Å². The van der Waals surface area contributed by atoms with Crippen LogP contribution in [-0.2, 0) is 0 Å². The first-order valence-electron chi connectivity index (χ1n) is 7.05. The normalized spacial score (nSPS) is 10.7. The van der Waals surface area contributed by atoms with E-state index in [2.05, 4.69) is 21.2 Å². The maximum atomic E-state index is 12.5. The molecule has 0 aliphatic rings. The predicted molar refractivity (Wildman–Crippen MR) is 98.9 cm³/mol. The van der Waals surface area contributed by atoms with E-state index in [9.17, 15) is 4.79 Å². The number of rotatable bonds is 5. The minimum absolute atomic E-state index is 0.275. The van der Waals surface area contributed by atoms with Crippen molar-refractivity contribution in [3.8, 4) is 5.75 Å². The van der Waals surface area contributed by atoms with Crippen LogP contribution in [0.5, 0.6) is 5.75 Å². The summed E-state index contributed by atoms with van der Waals surface area (Å²) < 4.78 is 6.53. The number of hydrogen-bond donors (Lipinski definition) is 1. The molecule has 1 amide bonds. The van der Waals surface area contributed by atoms with E-state index < -0.39 is 0 Å². The van der Waals surface area contributed by atoms with Crippen LogP contribution in [0.1, 0.15) is 24.2 Å². The maximum absolute atomic E-state index is 12.5. The van der Waals surface area contributed by atoms with Gasteiger partial charge in [-0.3, -0.25) is 4.79 Å². The van der Waals surface area contributed by atoms with Crippen LogP contribution < -0.4 is 10.1 Å². The van der Waals surface area contributed by atoms with Crippen LogP contribution in [0.3, 0.4) is 0 Å². The van der Waals surface area contributed by atoms with Crippen molar-refractivity contribution in [3.05, 3.63) is 56.5 Å². The molecule has 0 saturated carbocycles. The highest BCUT2D eigenvalue weighted by molar-refractivity contribution is 9.10. The van der Waals surface area contributed by atoms with E-state index in [0.29, 0.717) is 39.6 Å². The summed E-state index contributed by atoms with van der Waals surface area (Å²) in [5.74, 6) is 0.632. The Morgan fingerprint density at radius 1 is 1.17 bits per heavy atom. The van der Waals surface area contributed by atoms with Gasteiger partial charge in [-0.05, 0) is 42.3 Å². The van der Waals surface area contributed by atoms with Crippen LogP contribution in [0.15, 0.2) is 40.9 Å². The SMILES string of the molecule is CC(C)COc1ccc(Br)cc1C(=O)Nc1ccc(Cl)c(Cl)c1. The summed E-state index contributed by atoms with van der Waals surface area (Å²) in [6.07, 6.45) is 0. The van der Waals surface area contributed by atoms with Gasteiger partial charge in [0.15, 0.2) is 0 Å². The number of nitrogens with one attached hydrogen (secondary N) is 1. The van der Waals surface area contributed by atoms with Gasteiger partial charge in [0.1, 0.15) is 5.75 Å². The Morgan fingerprint density at radius 2 is 1.91 bits per heavy atom. The van der Waals surface area contributed by atoms with E-state index in [1.165, 1.54) is 0 Å². The zero-order valence-electron chi connectivity index (χ0n) is 12.7. The molecule has 0 bridgehead atoms. The fourth-order valence-corrected chi connectivity index (χ4v) is 2.49. The summed E-state index contributed by atoms with van der Waals surface area (Å²) in [5, 5.41) is 3.62. The number of halogens is 3. The Bertz CT molecular complexity index is 720. The lowest BCUT2D eigenvalue weighted by Gasteiger charge is -2.14. The van der Waals surface area contributed by atoms with E-state index in [1.54, 1.807) is 30.3 Å². The molecule has 2 aromatic rings. The van der Waals surface area contributed by atoms with E-state index in [1.807, 2.05) is 19.9 Å². The van der Waals surface area contributed by atoms with Gasteiger partial charge in [-0.25, -0.2) is 0 Å². The second kappa shape index (κ2) is 8.04. The molecule has 122 valence electrons. The second-order valence-corrected chi connectivity index (χ2v) is 7.16. The lowest BCUT2D eigenvalue weighted by Crippen LogP contribution is -2.15. The molecule has 0 aliphatic carbocycles. The molecule has 0 unspecified atom stereocenters. The number of amides is 1. The number of benzene rings is 2. The molecule has 3 nitrogen and oxygen atoms in total. The summed E-state index contributed by atoms with van der Waals surface area (Å²) in [6, 6.07) is 10.3. The van der Waals surface area contributed by atoms with Gasteiger partial charge in [0.2, 0.25) is 0 Å². The highest BCUT2D eigenvalue weighted by Crippen LogP contribution is 2.27. The van der Waals surface area contributed by atoms with Crippen molar-refractivity contribution in [1.82, 2.24) is 0 Å². The molecule has 0 atom stereocenters. The Kier molecular flexibility index (Phi) is 6.33. The minimum Gasteiger partial charge on any atom is -0.492 e. The van der Waals surface area contributed by atoms with E-state index in [0.717, 1.165) is 4.47 Å². The van der Waals surface area contributed by atoms with Crippen molar-refractivity contribution >= 4 is 50.7 Å². The Labute approximate surface area is 154 Å². The first-order chi connectivity index (χ1) is 10.9. The first-order valence-corrected chi connectivity index (χ1v) is 8.60. The van der Waals surface area contributed by atoms with Gasteiger partial charge in [-0.1, -0.05) is 53.0 Å². The zero-order chi connectivity index (χ0) is 17.0. The van der Waals surface area contributed by atoms with Gasteiger partial charge in [0.05, 0.1) is 22.2 Å². The van der Waals surface area contributed by atoms with Crippen LogP contribution >= 0.6 is 39.1 Å². The highest BCUT2D eigenvalue weighted by Gasteiger charge is 2.14. The third kappa shape index (κ3) is 5.13. The third-order valence-corrected chi connectivity index (χ3v) is 4.17. The number of ether oxygens (including phenoxy) is 1. The largest absolute Gasteiger partial charge is 0.492 e. The second-order valence-electron chi connectivity index (χ2n) is 5.43. The average molecular weight is 417 g/mol. The summed E-state index contributed by atoms with van der Waals surface area (Å²) >= 11 is 15.2. The molecule has 0 spiro atoms. The van der Waals surface area contributed by atoms with Crippen LogP contribution in [-0.4, -0.2) is 12.5 Å². The van der Waals surface area contributed by atoms with E-state index in [-0.39, 0.29) is 5.91 Å². The number of carbonyl (C=O) groups excluding carboxylic acids is 1. The lowest BCUT2D eigenvalue weighted by molar-refractivity contribution is 0.102. The first kappa shape index (κ1) is 18.1. The molecular formula is C17H16BrCl2NO2. The quantitative estimate of drug-likeness (QED) is 0.644. The number of hydrogen-bond acceptors (Lipinski definition) is 2. The fourth-order valence-electron chi connectivity index (χ4n) is 1.83.